The van der Waals surface area contributed by atoms with Crippen molar-refractivity contribution in [1.29, 1.82) is 0 Å². The van der Waals surface area contributed by atoms with Crippen molar-refractivity contribution in [2.75, 3.05) is 7.11 Å². The summed E-state index contributed by atoms with van der Waals surface area (Å²) in [5.74, 6) is 0.287. The summed E-state index contributed by atoms with van der Waals surface area (Å²) in [6.07, 6.45) is 0.120. The maximum absolute atomic E-state index is 12.3. The molecule has 0 aliphatic rings. The van der Waals surface area contributed by atoms with Gasteiger partial charge in [-0.2, -0.15) is 0 Å². The van der Waals surface area contributed by atoms with Gasteiger partial charge in [-0.1, -0.05) is 23.7 Å². The summed E-state index contributed by atoms with van der Waals surface area (Å²) in [6.45, 7) is 0. The summed E-state index contributed by atoms with van der Waals surface area (Å²) in [7, 11) is 1.48. The van der Waals surface area contributed by atoms with Gasteiger partial charge in [0.1, 0.15) is 5.75 Å². The van der Waals surface area contributed by atoms with E-state index in [2.05, 4.69) is 0 Å². The molecule has 0 aliphatic carbocycles. The van der Waals surface area contributed by atoms with Crippen molar-refractivity contribution >= 4 is 23.1 Å². The zero-order chi connectivity index (χ0) is 15.4. The largest absolute Gasteiger partial charge is 0.496 e. The SMILES string of the molecule is COc1ccc(Cl)cc1C(=O)Cc1ccc([N+](=O)[O-])cc1. The fourth-order valence-corrected chi connectivity index (χ4v) is 2.09. The average Bonchev–Trinajstić information content (AvgIpc) is 2.47. The van der Waals surface area contributed by atoms with Crippen molar-refractivity contribution < 1.29 is 14.5 Å². The van der Waals surface area contributed by atoms with Gasteiger partial charge in [-0.05, 0) is 23.8 Å². The van der Waals surface area contributed by atoms with Crippen LogP contribution >= 0.6 is 11.6 Å². The van der Waals surface area contributed by atoms with Gasteiger partial charge in [0, 0.05) is 23.6 Å². The highest BCUT2D eigenvalue weighted by Gasteiger charge is 2.14. The first-order valence-corrected chi connectivity index (χ1v) is 6.49. The van der Waals surface area contributed by atoms with E-state index < -0.39 is 4.92 Å². The van der Waals surface area contributed by atoms with E-state index in [0.29, 0.717) is 21.9 Å². The number of rotatable bonds is 5. The molecule has 0 atom stereocenters. The Bertz CT molecular complexity index is 683. The lowest BCUT2D eigenvalue weighted by Gasteiger charge is -2.08. The minimum Gasteiger partial charge on any atom is -0.496 e. The smallest absolute Gasteiger partial charge is 0.269 e. The lowest BCUT2D eigenvalue weighted by molar-refractivity contribution is -0.384. The molecule has 0 radical (unpaired) electrons. The Morgan fingerprint density at radius 3 is 2.48 bits per heavy atom. The summed E-state index contributed by atoms with van der Waals surface area (Å²) in [6, 6.07) is 10.7. The first kappa shape index (κ1) is 15.0. The van der Waals surface area contributed by atoms with Crippen molar-refractivity contribution in [1.82, 2.24) is 0 Å². The molecule has 5 nitrogen and oxygen atoms in total. The Morgan fingerprint density at radius 1 is 1.24 bits per heavy atom. The highest BCUT2D eigenvalue weighted by molar-refractivity contribution is 6.31. The molecule has 0 amide bonds. The van der Waals surface area contributed by atoms with Crippen LogP contribution in [0.5, 0.6) is 5.75 Å². The van der Waals surface area contributed by atoms with Gasteiger partial charge < -0.3 is 4.74 Å². The van der Waals surface area contributed by atoms with E-state index in [1.807, 2.05) is 0 Å². The summed E-state index contributed by atoms with van der Waals surface area (Å²) in [5, 5.41) is 11.0. The fourth-order valence-electron chi connectivity index (χ4n) is 1.91. The van der Waals surface area contributed by atoms with E-state index in [0.717, 1.165) is 0 Å². The number of hydrogen-bond donors (Lipinski definition) is 0. The van der Waals surface area contributed by atoms with E-state index in [4.69, 9.17) is 16.3 Å². The molecule has 0 bridgehead atoms. The topological polar surface area (TPSA) is 69.4 Å². The molecule has 2 aromatic carbocycles. The molecule has 6 heteroatoms. The predicted octanol–water partition coefficient (Wildman–Crippen LogP) is 3.68. The zero-order valence-corrected chi connectivity index (χ0v) is 12.0. The lowest BCUT2D eigenvalue weighted by Crippen LogP contribution is -2.06. The Kier molecular flexibility index (Phi) is 4.55. The van der Waals surface area contributed by atoms with E-state index in [-0.39, 0.29) is 17.9 Å². The lowest BCUT2D eigenvalue weighted by atomic mass is 10.0. The number of carbonyl (C=O) groups excluding carboxylic acids is 1. The van der Waals surface area contributed by atoms with Crippen LogP contribution in [0.2, 0.25) is 5.02 Å². The van der Waals surface area contributed by atoms with Crippen LogP contribution in [0.1, 0.15) is 15.9 Å². The van der Waals surface area contributed by atoms with Gasteiger partial charge in [0.25, 0.3) is 5.69 Å². The molecule has 108 valence electrons. The molecule has 0 N–H and O–H groups in total. The molecule has 0 heterocycles. The number of methoxy groups -OCH3 is 1. The van der Waals surface area contributed by atoms with Gasteiger partial charge in [0.05, 0.1) is 17.6 Å². The third-order valence-corrected chi connectivity index (χ3v) is 3.21. The van der Waals surface area contributed by atoms with E-state index in [9.17, 15) is 14.9 Å². The second-order valence-corrected chi connectivity index (χ2v) is 4.80. The van der Waals surface area contributed by atoms with Gasteiger partial charge >= 0.3 is 0 Å². The highest BCUT2D eigenvalue weighted by atomic mass is 35.5. The Labute approximate surface area is 126 Å². The first-order valence-electron chi connectivity index (χ1n) is 6.11. The standard InChI is InChI=1S/C15H12ClNO4/c1-21-15-7-4-11(16)9-13(15)14(18)8-10-2-5-12(6-3-10)17(19)20/h2-7,9H,8H2,1H3. The first-order chi connectivity index (χ1) is 10.0. The highest BCUT2D eigenvalue weighted by Crippen LogP contribution is 2.24. The Balaban J connectivity index is 2.21. The van der Waals surface area contributed by atoms with E-state index >= 15 is 0 Å². The predicted molar refractivity (Wildman–Crippen MR) is 79.1 cm³/mol. The average molecular weight is 306 g/mol. The molecule has 21 heavy (non-hydrogen) atoms. The molecule has 0 aromatic heterocycles. The van der Waals surface area contributed by atoms with E-state index in [1.54, 1.807) is 30.3 Å². The van der Waals surface area contributed by atoms with Gasteiger partial charge in [0.15, 0.2) is 5.78 Å². The molecule has 0 saturated heterocycles. The van der Waals surface area contributed by atoms with Gasteiger partial charge in [-0.15, -0.1) is 0 Å². The molecule has 0 fully saturated rings. The number of carbonyl (C=O) groups is 1. The minimum atomic E-state index is -0.481. The number of ether oxygens (including phenoxy) is 1. The molecule has 2 aromatic rings. The van der Waals surface area contributed by atoms with Crippen LogP contribution in [0.3, 0.4) is 0 Å². The molecule has 0 saturated carbocycles. The number of ketones is 1. The van der Waals surface area contributed by atoms with Gasteiger partial charge in [-0.3, -0.25) is 14.9 Å². The van der Waals surface area contributed by atoms with Crippen LogP contribution in [0.25, 0.3) is 0 Å². The quantitative estimate of drug-likeness (QED) is 0.480. The van der Waals surface area contributed by atoms with Gasteiger partial charge in [-0.25, -0.2) is 0 Å². The van der Waals surface area contributed by atoms with Crippen LogP contribution in [-0.2, 0) is 6.42 Å². The van der Waals surface area contributed by atoms with Crippen LogP contribution in [-0.4, -0.2) is 17.8 Å². The molecule has 2 rings (SSSR count). The summed E-state index contributed by atoms with van der Waals surface area (Å²) >= 11 is 5.89. The Hall–Kier alpha value is -2.40. The Morgan fingerprint density at radius 2 is 1.90 bits per heavy atom. The van der Waals surface area contributed by atoms with Crippen molar-refractivity contribution in [2.45, 2.75) is 6.42 Å². The zero-order valence-electron chi connectivity index (χ0n) is 11.2. The van der Waals surface area contributed by atoms with Crippen molar-refractivity contribution in [3.05, 3.63) is 68.7 Å². The van der Waals surface area contributed by atoms with Crippen LogP contribution < -0.4 is 4.74 Å². The second-order valence-electron chi connectivity index (χ2n) is 4.37. The number of halogens is 1. The molecular weight excluding hydrogens is 294 g/mol. The number of Topliss-reactive ketones (excluding diaryl/α,β-unsaturated/α-hetero) is 1. The van der Waals surface area contributed by atoms with Crippen LogP contribution in [0, 0.1) is 10.1 Å². The maximum Gasteiger partial charge on any atom is 0.269 e. The number of nitrogens with zero attached hydrogens (tertiary/aromatic N) is 1. The van der Waals surface area contributed by atoms with E-state index in [1.165, 1.54) is 19.2 Å². The summed E-state index contributed by atoms with van der Waals surface area (Å²) in [4.78, 5) is 22.4. The molecular formula is C15H12ClNO4. The van der Waals surface area contributed by atoms with Crippen LogP contribution in [0.4, 0.5) is 5.69 Å². The van der Waals surface area contributed by atoms with Crippen LogP contribution in [0.15, 0.2) is 42.5 Å². The third kappa shape index (κ3) is 3.58. The van der Waals surface area contributed by atoms with Crippen molar-refractivity contribution in [3.63, 3.8) is 0 Å². The fraction of sp³-hybridized carbons (Fsp3) is 0.133. The second kappa shape index (κ2) is 6.37. The molecule has 0 unspecified atom stereocenters. The maximum atomic E-state index is 12.3. The number of nitro benzene ring substituents is 1. The minimum absolute atomic E-state index is 0.00784. The number of non-ortho nitro benzene ring substituents is 1. The molecule has 0 spiro atoms. The monoisotopic (exact) mass is 305 g/mol. The van der Waals surface area contributed by atoms with Gasteiger partial charge in [0.2, 0.25) is 0 Å². The van der Waals surface area contributed by atoms with Crippen molar-refractivity contribution in [3.8, 4) is 5.75 Å². The molecule has 0 aliphatic heterocycles. The third-order valence-electron chi connectivity index (χ3n) is 2.97. The normalized spacial score (nSPS) is 10.2. The summed E-state index contributed by atoms with van der Waals surface area (Å²) < 4.78 is 5.14. The van der Waals surface area contributed by atoms with Crippen molar-refractivity contribution in [2.24, 2.45) is 0 Å². The number of benzene rings is 2. The summed E-state index contributed by atoms with van der Waals surface area (Å²) in [5.41, 5.74) is 1.07. The number of hydrogen-bond acceptors (Lipinski definition) is 4. The number of nitro groups is 1.